The average Bonchev–Trinajstić information content (AvgIpc) is 2.82. The van der Waals surface area contributed by atoms with E-state index >= 15 is 0 Å². The number of nitrogens with zero attached hydrogens (tertiary/aromatic N) is 1. The highest BCUT2D eigenvalue weighted by molar-refractivity contribution is 6.38. The number of H-pyrrole nitrogens is 1. The van der Waals surface area contributed by atoms with Gasteiger partial charge in [-0.15, -0.1) is 0 Å². The molecule has 1 heterocycles. The number of fused-ring (bicyclic) bond motifs is 1. The van der Waals surface area contributed by atoms with Gasteiger partial charge in [0.05, 0.1) is 5.02 Å². The molecular formula is C18H19ClN2O2. The van der Waals surface area contributed by atoms with Crippen LogP contribution in [0.1, 0.15) is 43.2 Å². The molecule has 0 aliphatic heterocycles. The van der Waals surface area contributed by atoms with Crippen molar-refractivity contribution in [1.29, 1.82) is 0 Å². The van der Waals surface area contributed by atoms with Gasteiger partial charge in [0.1, 0.15) is 5.69 Å². The maximum absolute atomic E-state index is 11.2. The minimum atomic E-state index is -1.08. The summed E-state index contributed by atoms with van der Waals surface area (Å²) in [5.41, 5.74) is 4.31. The molecule has 23 heavy (non-hydrogen) atoms. The molecule has 4 nitrogen and oxygen atoms in total. The number of hydrogen-bond acceptors (Lipinski definition) is 2. The van der Waals surface area contributed by atoms with Gasteiger partial charge >= 0.3 is 5.97 Å². The lowest BCUT2D eigenvalue weighted by molar-refractivity contribution is 0.0691. The Hall–Kier alpha value is -2.33. The standard InChI is InChI=1S/C18H19ClN2O2/c1-5-8-20-11(4)15(10(2)3)12-6-7-13-14(9-12)21-17(16(13)19)18(22)23/h6-9,21H,2,5H2,1,3-4H3,(H,22,23)/b15-11+,20-8?. The van der Waals surface area contributed by atoms with Gasteiger partial charge in [0.2, 0.25) is 0 Å². The van der Waals surface area contributed by atoms with Crippen LogP contribution < -0.4 is 0 Å². The number of aromatic carboxylic acids is 1. The van der Waals surface area contributed by atoms with Crippen LogP contribution in [0.5, 0.6) is 0 Å². The summed E-state index contributed by atoms with van der Waals surface area (Å²) in [6.45, 7) is 9.92. The molecule has 1 aromatic heterocycles. The molecule has 0 amide bonds. The molecule has 0 aliphatic carbocycles. The quantitative estimate of drug-likeness (QED) is 0.576. The van der Waals surface area contributed by atoms with Gasteiger partial charge in [-0.3, -0.25) is 4.99 Å². The highest BCUT2D eigenvalue weighted by Crippen LogP contribution is 2.32. The lowest BCUT2D eigenvalue weighted by Gasteiger charge is -2.10. The van der Waals surface area contributed by atoms with Crippen molar-refractivity contribution in [3.63, 3.8) is 0 Å². The first kappa shape index (κ1) is 17.0. The smallest absolute Gasteiger partial charge is 0.353 e. The van der Waals surface area contributed by atoms with E-state index in [0.29, 0.717) is 10.9 Å². The number of aliphatic imine (C=N–C) groups is 1. The lowest BCUT2D eigenvalue weighted by atomic mass is 9.97. The van der Waals surface area contributed by atoms with Gasteiger partial charge in [-0.2, -0.15) is 0 Å². The number of rotatable bonds is 5. The summed E-state index contributed by atoms with van der Waals surface area (Å²) < 4.78 is 0. The first-order valence-electron chi connectivity index (χ1n) is 7.31. The molecule has 0 fully saturated rings. The summed E-state index contributed by atoms with van der Waals surface area (Å²) in [5.74, 6) is -1.08. The predicted molar refractivity (Wildman–Crippen MR) is 96.5 cm³/mol. The number of hydrogen-bond donors (Lipinski definition) is 2. The number of aromatic amines is 1. The van der Waals surface area contributed by atoms with E-state index in [9.17, 15) is 4.79 Å². The van der Waals surface area contributed by atoms with Crippen LogP contribution in [0, 0.1) is 0 Å². The maximum atomic E-state index is 11.2. The summed E-state index contributed by atoms with van der Waals surface area (Å²) in [6.07, 6.45) is 2.71. The van der Waals surface area contributed by atoms with Crippen LogP contribution in [0.15, 0.2) is 41.0 Å². The predicted octanol–water partition coefficient (Wildman–Crippen LogP) is 5.31. The monoisotopic (exact) mass is 330 g/mol. The summed E-state index contributed by atoms with van der Waals surface area (Å²) in [7, 11) is 0. The van der Waals surface area contributed by atoms with E-state index in [1.807, 2.05) is 45.2 Å². The van der Waals surface area contributed by atoms with Crippen molar-refractivity contribution in [3.8, 4) is 0 Å². The van der Waals surface area contributed by atoms with E-state index in [1.54, 1.807) is 0 Å². The highest BCUT2D eigenvalue weighted by atomic mass is 35.5. The van der Waals surface area contributed by atoms with Crippen LogP contribution in [0.25, 0.3) is 16.5 Å². The first-order valence-corrected chi connectivity index (χ1v) is 7.68. The fraction of sp³-hybridized carbons (Fsp3) is 0.222. The van der Waals surface area contributed by atoms with E-state index in [0.717, 1.165) is 28.8 Å². The van der Waals surface area contributed by atoms with Crippen LogP contribution in [0.2, 0.25) is 5.02 Å². The van der Waals surface area contributed by atoms with Crippen molar-refractivity contribution in [1.82, 2.24) is 4.98 Å². The Kier molecular flexibility index (Phi) is 5.06. The van der Waals surface area contributed by atoms with Gasteiger partial charge in [0, 0.05) is 28.4 Å². The van der Waals surface area contributed by atoms with E-state index < -0.39 is 5.97 Å². The van der Waals surface area contributed by atoms with Crippen molar-refractivity contribution >= 4 is 40.3 Å². The molecule has 0 aliphatic rings. The van der Waals surface area contributed by atoms with Crippen LogP contribution in [0.3, 0.4) is 0 Å². The fourth-order valence-electron chi connectivity index (χ4n) is 2.52. The van der Waals surface area contributed by atoms with E-state index in [1.165, 1.54) is 0 Å². The van der Waals surface area contributed by atoms with Crippen LogP contribution in [0.4, 0.5) is 0 Å². The summed E-state index contributed by atoms with van der Waals surface area (Å²) >= 11 is 6.11. The first-order chi connectivity index (χ1) is 10.9. The highest BCUT2D eigenvalue weighted by Gasteiger charge is 2.16. The molecule has 5 heteroatoms. The minimum absolute atomic E-state index is 0.000368. The van der Waals surface area contributed by atoms with Crippen LogP contribution >= 0.6 is 11.6 Å². The molecule has 2 N–H and O–H groups in total. The van der Waals surface area contributed by atoms with Crippen LogP contribution in [-0.4, -0.2) is 22.3 Å². The Bertz CT molecular complexity index is 844. The molecule has 0 atom stereocenters. The maximum Gasteiger partial charge on any atom is 0.353 e. The zero-order valence-electron chi connectivity index (χ0n) is 13.4. The second kappa shape index (κ2) is 6.84. The molecule has 0 saturated carbocycles. The number of carboxylic acid groups (broad SMARTS) is 1. The number of allylic oxidation sites excluding steroid dienone is 3. The molecular weight excluding hydrogens is 312 g/mol. The zero-order chi connectivity index (χ0) is 17.1. The van der Waals surface area contributed by atoms with Gasteiger partial charge < -0.3 is 10.1 Å². The summed E-state index contributed by atoms with van der Waals surface area (Å²) in [4.78, 5) is 18.5. The fourth-order valence-corrected chi connectivity index (χ4v) is 2.82. The molecule has 2 aromatic rings. The Balaban J connectivity index is 2.64. The summed E-state index contributed by atoms with van der Waals surface area (Å²) in [5, 5.41) is 10.1. The van der Waals surface area contributed by atoms with Crippen molar-refractivity contribution in [2.45, 2.75) is 27.2 Å². The van der Waals surface area contributed by atoms with E-state index in [-0.39, 0.29) is 10.7 Å². The van der Waals surface area contributed by atoms with Crippen molar-refractivity contribution in [2.75, 3.05) is 0 Å². The Morgan fingerprint density at radius 1 is 1.43 bits per heavy atom. The topological polar surface area (TPSA) is 65.4 Å². The molecule has 0 bridgehead atoms. The zero-order valence-corrected chi connectivity index (χ0v) is 14.2. The van der Waals surface area contributed by atoms with Crippen LogP contribution in [-0.2, 0) is 0 Å². The van der Waals surface area contributed by atoms with Crippen molar-refractivity contribution < 1.29 is 9.90 Å². The summed E-state index contributed by atoms with van der Waals surface area (Å²) in [6, 6.07) is 5.60. The third-order valence-corrected chi connectivity index (χ3v) is 3.89. The van der Waals surface area contributed by atoms with Gasteiger partial charge in [0.25, 0.3) is 0 Å². The number of benzene rings is 1. The SMILES string of the molecule is C=C(C)/C(=C(/C)N=CCC)c1ccc2c(Cl)c(C(=O)O)[nH]c2c1. The van der Waals surface area contributed by atoms with Gasteiger partial charge in [0.15, 0.2) is 0 Å². The number of halogens is 1. The lowest BCUT2D eigenvalue weighted by Crippen LogP contribution is -1.96. The number of carboxylic acids is 1. The number of aromatic nitrogens is 1. The molecule has 0 radical (unpaired) electrons. The third kappa shape index (κ3) is 3.37. The second-order valence-corrected chi connectivity index (χ2v) is 5.72. The third-order valence-electron chi connectivity index (χ3n) is 3.49. The van der Waals surface area contributed by atoms with Crippen molar-refractivity contribution in [2.24, 2.45) is 4.99 Å². The molecule has 0 spiro atoms. The van der Waals surface area contributed by atoms with E-state index in [4.69, 9.17) is 16.7 Å². The van der Waals surface area contributed by atoms with Gasteiger partial charge in [-0.05, 0) is 37.5 Å². The molecule has 0 saturated heterocycles. The molecule has 2 rings (SSSR count). The van der Waals surface area contributed by atoms with Gasteiger partial charge in [-0.1, -0.05) is 37.2 Å². The van der Waals surface area contributed by atoms with Gasteiger partial charge in [-0.25, -0.2) is 4.79 Å². The molecule has 0 unspecified atom stereocenters. The second-order valence-electron chi connectivity index (χ2n) is 5.34. The number of nitrogens with one attached hydrogen (secondary N) is 1. The van der Waals surface area contributed by atoms with E-state index in [2.05, 4.69) is 16.6 Å². The Morgan fingerprint density at radius 2 is 2.13 bits per heavy atom. The number of carbonyl (C=O) groups is 1. The largest absolute Gasteiger partial charge is 0.477 e. The molecule has 120 valence electrons. The average molecular weight is 331 g/mol. The normalized spacial score (nSPS) is 12.7. The molecule has 1 aromatic carbocycles. The Labute approximate surface area is 140 Å². The Morgan fingerprint density at radius 3 is 2.70 bits per heavy atom. The minimum Gasteiger partial charge on any atom is -0.477 e. The van der Waals surface area contributed by atoms with Crippen molar-refractivity contribution in [3.05, 3.63) is 52.3 Å².